The first-order chi connectivity index (χ1) is 15.8. The Morgan fingerprint density at radius 1 is 0.848 bits per heavy atom. The van der Waals surface area contributed by atoms with Gasteiger partial charge in [-0.25, -0.2) is 4.79 Å². The van der Waals surface area contributed by atoms with Crippen LogP contribution in [-0.2, 0) is 27.2 Å². The van der Waals surface area contributed by atoms with Gasteiger partial charge in [-0.2, -0.15) is 13.2 Å². The third-order valence-electron chi connectivity index (χ3n) is 4.75. The first kappa shape index (κ1) is 26.2. The number of benzene rings is 2. The number of esters is 2. The molecule has 0 amide bonds. The van der Waals surface area contributed by atoms with Crippen molar-refractivity contribution < 1.29 is 37.0 Å². The molecule has 0 fully saturated rings. The molecule has 0 aromatic heterocycles. The van der Waals surface area contributed by atoms with Crippen LogP contribution >= 0.6 is 0 Å². The molecular weight excluding hydrogens is 439 g/mol. The zero-order chi connectivity index (χ0) is 24.1. The molecule has 9 heteroatoms. The summed E-state index contributed by atoms with van der Waals surface area (Å²) in [4.78, 5) is 21.7. The largest absolute Gasteiger partial charge is 0.497 e. The molecule has 0 atom stereocenters. The zero-order valence-electron chi connectivity index (χ0n) is 18.5. The summed E-state index contributed by atoms with van der Waals surface area (Å²) in [5.41, 5.74) is 2.31. The van der Waals surface area contributed by atoms with Crippen LogP contribution in [0.2, 0.25) is 0 Å². The Labute approximate surface area is 191 Å². The molecule has 0 radical (unpaired) electrons. The van der Waals surface area contributed by atoms with Crippen LogP contribution in [0.1, 0.15) is 30.4 Å². The molecule has 0 aliphatic carbocycles. The number of nitrogens with one attached hydrogen (secondary N) is 1. The molecule has 0 aliphatic heterocycles. The van der Waals surface area contributed by atoms with Crippen molar-refractivity contribution in [2.75, 3.05) is 26.8 Å². The van der Waals surface area contributed by atoms with E-state index in [0.717, 1.165) is 36.3 Å². The van der Waals surface area contributed by atoms with E-state index in [-0.39, 0.29) is 13.0 Å². The number of hydrogen-bond acceptors (Lipinski definition) is 6. The number of hydrogen-bond donors (Lipinski definition) is 1. The SMILES string of the molecule is COc1ccc(CCCCOc2ccc(CCNCCC(=O)OC(=O)C(F)(F)F)cc2)cc1. The monoisotopic (exact) mass is 467 g/mol. The summed E-state index contributed by atoms with van der Waals surface area (Å²) in [7, 11) is 1.65. The molecule has 0 heterocycles. The van der Waals surface area contributed by atoms with Gasteiger partial charge in [0.15, 0.2) is 0 Å². The van der Waals surface area contributed by atoms with Gasteiger partial charge in [-0.05, 0) is 67.6 Å². The minimum atomic E-state index is -5.17. The van der Waals surface area contributed by atoms with Gasteiger partial charge >= 0.3 is 18.1 Å². The fourth-order valence-electron chi connectivity index (χ4n) is 2.93. The van der Waals surface area contributed by atoms with Crippen LogP contribution in [0.5, 0.6) is 11.5 Å². The Hall–Kier alpha value is -3.07. The van der Waals surface area contributed by atoms with Crippen LogP contribution in [-0.4, -0.2) is 44.9 Å². The molecule has 6 nitrogen and oxygen atoms in total. The lowest BCUT2D eigenvalue weighted by atomic mass is 10.1. The predicted octanol–water partition coefficient (Wildman–Crippen LogP) is 4.25. The molecule has 2 aromatic rings. The number of carbonyl (C=O) groups excluding carboxylic acids is 2. The number of carbonyl (C=O) groups is 2. The molecule has 180 valence electrons. The van der Waals surface area contributed by atoms with Crippen molar-refractivity contribution in [2.24, 2.45) is 0 Å². The van der Waals surface area contributed by atoms with E-state index in [2.05, 4.69) is 22.2 Å². The third kappa shape index (κ3) is 10.4. The fraction of sp³-hybridized carbons (Fsp3) is 0.417. The number of rotatable bonds is 13. The molecule has 0 unspecified atom stereocenters. The van der Waals surface area contributed by atoms with Gasteiger partial charge in [0.1, 0.15) is 11.5 Å². The van der Waals surface area contributed by atoms with Gasteiger partial charge in [0, 0.05) is 6.54 Å². The summed E-state index contributed by atoms with van der Waals surface area (Å²) in [6, 6.07) is 15.7. The topological polar surface area (TPSA) is 73.9 Å². The molecule has 2 aromatic carbocycles. The third-order valence-corrected chi connectivity index (χ3v) is 4.75. The van der Waals surface area contributed by atoms with Crippen LogP contribution in [0.25, 0.3) is 0 Å². The minimum absolute atomic E-state index is 0.113. The van der Waals surface area contributed by atoms with E-state index in [1.807, 2.05) is 36.4 Å². The highest BCUT2D eigenvalue weighted by molar-refractivity contribution is 5.88. The van der Waals surface area contributed by atoms with Crippen molar-refractivity contribution in [1.29, 1.82) is 0 Å². The number of aryl methyl sites for hydroxylation is 1. The second kappa shape index (κ2) is 13.5. The maximum absolute atomic E-state index is 12.0. The number of ether oxygens (including phenoxy) is 3. The molecule has 33 heavy (non-hydrogen) atoms. The molecular formula is C24H28F3NO5. The summed E-state index contributed by atoms with van der Waals surface area (Å²) in [5.74, 6) is -2.07. The van der Waals surface area contributed by atoms with Crippen molar-refractivity contribution >= 4 is 11.9 Å². The van der Waals surface area contributed by atoms with Gasteiger partial charge in [0.25, 0.3) is 0 Å². The van der Waals surface area contributed by atoms with Crippen molar-refractivity contribution in [2.45, 2.75) is 38.3 Å². The van der Waals surface area contributed by atoms with E-state index in [9.17, 15) is 22.8 Å². The fourth-order valence-corrected chi connectivity index (χ4v) is 2.93. The van der Waals surface area contributed by atoms with Crippen LogP contribution in [0.4, 0.5) is 13.2 Å². The zero-order valence-corrected chi connectivity index (χ0v) is 18.5. The molecule has 2 rings (SSSR count). The quantitative estimate of drug-likeness (QED) is 0.270. The smallest absolute Gasteiger partial charge is 0.491 e. The molecule has 0 spiro atoms. The summed E-state index contributed by atoms with van der Waals surface area (Å²) in [6.07, 6.45) is -1.89. The molecule has 0 aliphatic rings. The van der Waals surface area contributed by atoms with Crippen LogP contribution in [0.15, 0.2) is 48.5 Å². The van der Waals surface area contributed by atoms with Gasteiger partial charge < -0.3 is 19.5 Å². The van der Waals surface area contributed by atoms with Gasteiger partial charge in [0.2, 0.25) is 0 Å². The van der Waals surface area contributed by atoms with Crippen LogP contribution < -0.4 is 14.8 Å². The Morgan fingerprint density at radius 2 is 1.45 bits per heavy atom. The standard InChI is InChI=1S/C24H28F3NO5/c1-31-20-9-5-18(6-10-20)4-2-3-17-32-21-11-7-19(8-12-21)13-15-28-16-14-22(29)33-23(30)24(25,26)27/h5-12,28H,2-4,13-17H2,1H3. The van der Waals surface area contributed by atoms with E-state index in [4.69, 9.17) is 9.47 Å². The summed E-state index contributed by atoms with van der Waals surface area (Å²) in [5, 5.41) is 2.93. The van der Waals surface area contributed by atoms with Crippen molar-refractivity contribution in [3.63, 3.8) is 0 Å². The summed E-state index contributed by atoms with van der Waals surface area (Å²) >= 11 is 0. The Kier molecular flexibility index (Phi) is 10.7. The van der Waals surface area contributed by atoms with E-state index in [0.29, 0.717) is 19.6 Å². The second-order valence-electron chi connectivity index (χ2n) is 7.31. The lowest BCUT2D eigenvalue weighted by Gasteiger charge is -2.09. The lowest BCUT2D eigenvalue weighted by Crippen LogP contribution is -2.29. The normalized spacial score (nSPS) is 11.2. The average molecular weight is 467 g/mol. The Bertz CT molecular complexity index is 867. The van der Waals surface area contributed by atoms with E-state index in [1.165, 1.54) is 5.56 Å². The Morgan fingerprint density at radius 3 is 2.06 bits per heavy atom. The first-order valence-electron chi connectivity index (χ1n) is 10.6. The van der Waals surface area contributed by atoms with E-state index >= 15 is 0 Å². The van der Waals surface area contributed by atoms with Crippen LogP contribution in [0, 0.1) is 0 Å². The highest BCUT2D eigenvalue weighted by Gasteiger charge is 2.42. The number of halogens is 3. The highest BCUT2D eigenvalue weighted by Crippen LogP contribution is 2.17. The predicted molar refractivity (Wildman–Crippen MR) is 116 cm³/mol. The number of methoxy groups -OCH3 is 1. The van der Waals surface area contributed by atoms with Crippen molar-refractivity contribution in [3.05, 3.63) is 59.7 Å². The molecule has 0 saturated heterocycles. The molecule has 1 N–H and O–H groups in total. The number of unbranched alkanes of at least 4 members (excludes halogenated alkanes) is 1. The second-order valence-corrected chi connectivity index (χ2v) is 7.31. The molecule has 0 bridgehead atoms. The van der Waals surface area contributed by atoms with Gasteiger partial charge in [-0.3, -0.25) is 4.79 Å². The van der Waals surface area contributed by atoms with Crippen LogP contribution in [0.3, 0.4) is 0 Å². The molecule has 0 saturated carbocycles. The van der Waals surface area contributed by atoms with Gasteiger partial charge in [0.05, 0.1) is 20.1 Å². The minimum Gasteiger partial charge on any atom is -0.497 e. The maximum atomic E-state index is 12.0. The van der Waals surface area contributed by atoms with Crippen molar-refractivity contribution in [1.82, 2.24) is 5.32 Å². The average Bonchev–Trinajstić information content (AvgIpc) is 2.79. The van der Waals surface area contributed by atoms with E-state index < -0.39 is 18.1 Å². The lowest BCUT2D eigenvalue weighted by molar-refractivity contribution is -0.201. The Balaban J connectivity index is 1.54. The van der Waals surface area contributed by atoms with Gasteiger partial charge in [-0.1, -0.05) is 24.3 Å². The number of alkyl halides is 3. The first-order valence-corrected chi connectivity index (χ1v) is 10.6. The van der Waals surface area contributed by atoms with E-state index in [1.54, 1.807) is 7.11 Å². The summed E-state index contributed by atoms with van der Waals surface area (Å²) in [6.45, 7) is 1.26. The van der Waals surface area contributed by atoms with Gasteiger partial charge in [-0.15, -0.1) is 0 Å². The highest BCUT2D eigenvalue weighted by atomic mass is 19.4. The maximum Gasteiger partial charge on any atom is 0.491 e. The van der Waals surface area contributed by atoms with Crippen molar-refractivity contribution in [3.8, 4) is 11.5 Å². The summed E-state index contributed by atoms with van der Waals surface area (Å²) < 4.78 is 50.6.